The maximum absolute atomic E-state index is 7.59. The molecule has 3 aromatic carbocycles. The van der Waals surface area contributed by atoms with Crippen LogP contribution >= 0.6 is 0 Å². The van der Waals surface area contributed by atoms with E-state index in [9.17, 15) is 0 Å². The second-order valence-electron chi connectivity index (χ2n) is 10.5. The first-order valence-corrected chi connectivity index (χ1v) is 12.6. The maximum atomic E-state index is 7.59. The van der Waals surface area contributed by atoms with Crippen molar-refractivity contribution in [3.63, 3.8) is 0 Å². The third-order valence-corrected chi connectivity index (χ3v) is 6.69. The van der Waals surface area contributed by atoms with Crippen LogP contribution in [0, 0.1) is 25.6 Å². The number of fused-ring (bicyclic) bond motifs is 3. The molecule has 0 atom stereocenters. The molecular formula is C32H26N6OPt. The number of nitrogens with zero attached hydrogens (tertiary/aromatic N) is 6. The van der Waals surface area contributed by atoms with Gasteiger partial charge in [0.05, 0.1) is 12.4 Å². The molecule has 40 heavy (non-hydrogen) atoms. The molecule has 200 valence electrons. The predicted octanol–water partition coefficient (Wildman–Crippen LogP) is 7.52. The van der Waals surface area contributed by atoms with Gasteiger partial charge in [-0.1, -0.05) is 56.6 Å². The Bertz CT molecular complexity index is 1920. The van der Waals surface area contributed by atoms with Crippen LogP contribution in [-0.4, -0.2) is 24.3 Å². The molecule has 0 spiro atoms. The summed E-state index contributed by atoms with van der Waals surface area (Å²) in [4.78, 5) is 12.8. The van der Waals surface area contributed by atoms with Crippen LogP contribution in [0.4, 0.5) is 5.69 Å². The van der Waals surface area contributed by atoms with E-state index in [0.717, 1.165) is 27.6 Å². The van der Waals surface area contributed by atoms with E-state index in [4.69, 9.17) is 16.3 Å². The zero-order chi connectivity index (χ0) is 27.3. The first-order chi connectivity index (χ1) is 18.7. The molecule has 0 saturated heterocycles. The van der Waals surface area contributed by atoms with Crippen molar-refractivity contribution in [2.45, 2.75) is 33.1 Å². The molecule has 6 aromatic rings. The Morgan fingerprint density at radius 3 is 2.48 bits per heavy atom. The van der Waals surface area contributed by atoms with Crippen molar-refractivity contribution in [1.29, 1.82) is 0 Å². The van der Waals surface area contributed by atoms with Gasteiger partial charge in [0, 0.05) is 30.3 Å². The minimum Gasteiger partial charge on any atom is -0.504 e. The molecule has 0 aliphatic carbocycles. The Balaban J connectivity index is 0.00000323. The fourth-order valence-corrected chi connectivity index (χ4v) is 4.81. The van der Waals surface area contributed by atoms with Gasteiger partial charge in [0.15, 0.2) is 0 Å². The number of para-hydroxylation sites is 1. The van der Waals surface area contributed by atoms with Crippen LogP contribution in [0.15, 0.2) is 66.9 Å². The molecule has 0 bridgehead atoms. The molecule has 3 aromatic heterocycles. The van der Waals surface area contributed by atoms with Crippen LogP contribution in [0.1, 0.15) is 32.2 Å². The van der Waals surface area contributed by atoms with Crippen LogP contribution in [0.25, 0.3) is 43.9 Å². The zero-order valence-electron chi connectivity index (χ0n) is 22.8. The number of aromatic nitrogens is 5. The van der Waals surface area contributed by atoms with E-state index in [1.165, 1.54) is 5.56 Å². The molecule has 0 aliphatic heterocycles. The number of ether oxygens (including phenoxy) is 1. The van der Waals surface area contributed by atoms with Gasteiger partial charge in [-0.05, 0) is 41.5 Å². The van der Waals surface area contributed by atoms with Gasteiger partial charge in [0.1, 0.15) is 17.3 Å². The molecule has 0 unspecified atom stereocenters. The number of rotatable bonds is 4. The summed E-state index contributed by atoms with van der Waals surface area (Å²) < 4.78 is 10.1. The zero-order valence-corrected chi connectivity index (χ0v) is 25.0. The molecule has 0 N–H and O–H groups in total. The van der Waals surface area contributed by atoms with Gasteiger partial charge in [-0.3, -0.25) is 14.5 Å². The first kappa shape index (κ1) is 27.3. The molecule has 0 saturated carbocycles. The van der Waals surface area contributed by atoms with Crippen LogP contribution in [0.5, 0.6) is 11.5 Å². The van der Waals surface area contributed by atoms with Crippen molar-refractivity contribution in [3.8, 4) is 28.7 Å². The summed E-state index contributed by atoms with van der Waals surface area (Å²) >= 11 is 0. The molecule has 8 heteroatoms. The monoisotopic (exact) mass is 705 g/mol. The molecule has 0 fully saturated rings. The summed E-state index contributed by atoms with van der Waals surface area (Å²) in [6.45, 7) is 16.0. The summed E-state index contributed by atoms with van der Waals surface area (Å²) in [6.07, 6.45) is 1.86. The van der Waals surface area contributed by atoms with E-state index in [1.807, 2.05) is 44.4 Å². The average molecular weight is 706 g/mol. The number of aryl methyl sites for hydroxylation is 2. The largest absolute Gasteiger partial charge is 2.00 e. The summed E-state index contributed by atoms with van der Waals surface area (Å²) in [7, 11) is 1.82. The molecule has 0 radical (unpaired) electrons. The van der Waals surface area contributed by atoms with Crippen molar-refractivity contribution in [3.05, 3.63) is 102 Å². The number of benzene rings is 3. The molecule has 7 nitrogen and oxygen atoms in total. The molecule has 6 rings (SSSR count). The first-order valence-electron chi connectivity index (χ1n) is 12.6. The second-order valence-corrected chi connectivity index (χ2v) is 10.5. The molecule has 3 heterocycles. The Hall–Kier alpha value is -4.27. The SMILES string of the molecule is [C-]#[N+]c1cc(Oc2[c-]c3c(cc2)c2ccccc2n3-c2cc(C(C)(C)C)ccn2)[c-]c(-c2nc(C)nn2C)c1.[Pt+2]. The topological polar surface area (TPSA) is 62.1 Å². The van der Waals surface area contributed by atoms with E-state index in [1.54, 1.807) is 16.8 Å². The van der Waals surface area contributed by atoms with Crippen molar-refractivity contribution >= 4 is 27.5 Å². The Kier molecular flexibility index (Phi) is 7.08. The number of hydrogen-bond acceptors (Lipinski definition) is 4. The summed E-state index contributed by atoms with van der Waals surface area (Å²) in [5.74, 6) is 3.00. The van der Waals surface area contributed by atoms with Gasteiger partial charge in [-0.15, -0.1) is 29.1 Å². The third kappa shape index (κ3) is 4.92. The van der Waals surface area contributed by atoms with Crippen LogP contribution < -0.4 is 4.74 Å². The van der Waals surface area contributed by atoms with E-state index >= 15 is 0 Å². The Morgan fingerprint density at radius 1 is 0.950 bits per heavy atom. The van der Waals surface area contributed by atoms with Gasteiger partial charge >= 0.3 is 21.1 Å². The third-order valence-electron chi connectivity index (χ3n) is 6.69. The maximum Gasteiger partial charge on any atom is 2.00 e. The smallest absolute Gasteiger partial charge is 0.504 e. The van der Waals surface area contributed by atoms with Gasteiger partial charge < -0.3 is 9.30 Å². The summed E-state index contributed by atoms with van der Waals surface area (Å²) in [5, 5.41) is 6.49. The summed E-state index contributed by atoms with van der Waals surface area (Å²) in [5.41, 5.74) is 4.15. The van der Waals surface area contributed by atoms with E-state index in [-0.39, 0.29) is 26.5 Å². The minimum atomic E-state index is -0.0167. The number of pyridine rings is 1. The molecular weight excluding hydrogens is 679 g/mol. The van der Waals surface area contributed by atoms with E-state index in [2.05, 4.69) is 76.7 Å². The predicted molar refractivity (Wildman–Crippen MR) is 152 cm³/mol. The van der Waals surface area contributed by atoms with E-state index in [0.29, 0.717) is 34.4 Å². The standard InChI is InChI=1S/C32H26N6O.Pt/c1-20-35-31(37(6)36-20)21-15-23(33-5)18-25(16-21)39-24-11-12-27-26-9-7-8-10-28(26)38(29(27)19-24)30-17-22(13-14-34-30)32(2,3)4;/h7-15,17-18H,1-4,6H3;/q-2;+2. The fraction of sp³-hybridized carbons (Fsp3) is 0.188. The normalized spacial score (nSPS) is 11.4. The second kappa shape index (κ2) is 10.4. The van der Waals surface area contributed by atoms with Crippen LogP contribution in [0.2, 0.25) is 0 Å². The van der Waals surface area contributed by atoms with E-state index < -0.39 is 0 Å². The van der Waals surface area contributed by atoms with Gasteiger partial charge in [0.25, 0.3) is 0 Å². The van der Waals surface area contributed by atoms with Crippen LogP contribution in [-0.2, 0) is 33.5 Å². The average Bonchev–Trinajstić information content (AvgIpc) is 3.43. The quantitative estimate of drug-likeness (QED) is 0.178. The Labute approximate surface area is 247 Å². The number of hydrogen-bond donors (Lipinski definition) is 0. The summed E-state index contributed by atoms with van der Waals surface area (Å²) in [6, 6.07) is 26.5. The van der Waals surface area contributed by atoms with Crippen molar-refractivity contribution in [2.75, 3.05) is 0 Å². The van der Waals surface area contributed by atoms with Crippen LogP contribution in [0.3, 0.4) is 0 Å². The molecule has 0 aliphatic rings. The van der Waals surface area contributed by atoms with Crippen molar-refractivity contribution in [1.82, 2.24) is 24.3 Å². The fourth-order valence-electron chi connectivity index (χ4n) is 4.81. The van der Waals surface area contributed by atoms with Gasteiger partial charge in [-0.25, -0.2) is 4.98 Å². The van der Waals surface area contributed by atoms with Crippen molar-refractivity contribution in [2.24, 2.45) is 7.05 Å². The molecule has 0 amide bonds. The van der Waals surface area contributed by atoms with Gasteiger partial charge in [0.2, 0.25) is 0 Å². The van der Waals surface area contributed by atoms with Crippen molar-refractivity contribution < 1.29 is 25.8 Å². The Morgan fingerprint density at radius 2 is 1.75 bits per heavy atom. The van der Waals surface area contributed by atoms with Gasteiger partial charge in [-0.2, -0.15) is 11.2 Å². The minimum absolute atomic E-state index is 0.